The van der Waals surface area contributed by atoms with Crippen LogP contribution in [-0.2, 0) is 14.3 Å². The zero-order chi connectivity index (χ0) is 23.0. The average Bonchev–Trinajstić information content (AvgIpc) is 3.03. The Hall–Kier alpha value is -3.24. The zero-order valence-corrected chi connectivity index (χ0v) is 18.7. The summed E-state index contributed by atoms with van der Waals surface area (Å²) >= 11 is 1.00. The molecule has 1 heterocycles. The molecule has 166 valence electrons. The van der Waals surface area contributed by atoms with Gasteiger partial charge in [0.2, 0.25) is 11.8 Å². The van der Waals surface area contributed by atoms with E-state index in [1.807, 2.05) is 18.2 Å². The van der Waals surface area contributed by atoms with Gasteiger partial charge < -0.3 is 20.7 Å². The van der Waals surface area contributed by atoms with Crippen molar-refractivity contribution < 1.29 is 23.9 Å². The minimum absolute atomic E-state index is 0.00000664. The highest BCUT2D eigenvalue weighted by molar-refractivity contribution is 7.18. The number of likely N-dealkylation sites (N-methyl/N-ethyl adjacent to an activating group) is 1. The van der Waals surface area contributed by atoms with Crippen LogP contribution in [-0.4, -0.2) is 62.4 Å². The summed E-state index contributed by atoms with van der Waals surface area (Å²) in [5.74, 6) is -1.66. The number of carbonyl (C=O) groups is 4. The number of amides is 3. The highest BCUT2D eigenvalue weighted by Crippen LogP contribution is 2.33. The summed E-state index contributed by atoms with van der Waals surface area (Å²) < 4.78 is 5.07. The lowest BCUT2D eigenvalue weighted by molar-refractivity contribution is -0.119. The van der Waals surface area contributed by atoms with E-state index in [9.17, 15) is 19.2 Å². The Balaban J connectivity index is 2.05. The number of benzene rings is 1. The lowest BCUT2D eigenvalue weighted by Gasteiger charge is -2.16. The van der Waals surface area contributed by atoms with Gasteiger partial charge in [0.25, 0.3) is 5.91 Å². The van der Waals surface area contributed by atoms with E-state index in [-0.39, 0.29) is 42.1 Å². The second-order valence-corrected chi connectivity index (χ2v) is 7.72. The van der Waals surface area contributed by atoms with Crippen molar-refractivity contribution >= 4 is 45.7 Å². The Morgan fingerprint density at radius 2 is 1.65 bits per heavy atom. The van der Waals surface area contributed by atoms with Gasteiger partial charge in [-0.25, -0.2) is 4.79 Å². The number of hydrogen-bond acceptors (Lipinski definition) is 7. The predicted octanol–water partition coefficient (Wildman–Crippen LogP) is 2.10. The van der Waals surface area contributed by atoms with Crippen LogP contribution in [0.5, 0.6) is 0 Å². The van der Waals surface area contributed by atoms with Crippen LogP contribution in [0.4, 0.5) is 10.7 Å². The molecule has 0 spiro atoms. The van der Waals surface area contributed by atoms with Crippen molar-refractivity contribution in [2.75, 3.05) is 44.4 Å². The first-order valence-electron chi connectivity index (χ1n) is 9.62. The van der Waals surface area contributed by atoms with Crippen molar-refractivity contribution in [3.63, 3.8) is 0 Å². The van der Waals surface area contributed by atoms with Gasteiger partial charge in [-0.1, -0.05) is 18.2 Å². The molecule has 0 unspecified atom stereocenters. The van der Waals surface area contributed by atoms with Crippen molar-refractivity contribution in [2.24, 2.45) is 0 Å². The maximum Gasteiger partial charge on any atom is 0.341 e. The summed E-state index contributed by atoms with van der Waals surface area (Å²) in [6, 6.07) is 9.00. The summed E-state index contributed by atoms with van der Waals surface area (Å²) in [6.07, 6.45) is 0. The predicted molar refractivity (Wildman–Crippen MR) is 120 cm³/mol. The molecule has 3 N–H and O–H groups in total. The van der Waals surface area contributed by atoms with Crippen molar-refractivity contribution in [1.29, 1.82) is 0 Å². The van der Waals surface area contributed by atoms with Crippen molar-refractivity contribution in [1.82, 2.24) is 10.2 Å². The number of rotatable bonds is 9. The van der Waals surface area contributed by atoms with Crippen LogP contribution >= 0.6 is 11.3 Å². The Labute approximate surface area is 184 Å². The first-order chi connectivity index (χ1) is 14.8. The summed E-state index contributed by atoms with van der Waals surface area (Å²) in [5, 5.41) is 8.17. The molecule has 0 saturated heterocycles. The minimum Gasteiger partial charge on any atom is -0.462 e. The third kappa shape index (κ3) is 6.63. The number of esters is 1. The second-order valence-electron chi connectivity index (χ2n) is 6.69. The minimum atomic E-state index is -0.614. The van der Waals surface area contributed by atoms with E-state index >= 15 is 0 Å². The molecule has 2 rings (SSSR count). The maximum atomic E-state index is 12.5. The van der Waals surface area contributed by atoms with Gasteiger partial charge in [-0.3, -0.25) is 19.3 Å². The standard InChI is InChI=1S/C21H26N4O5S/c1-5-30-21(29)17-13(2)18(19(28)22-3)31-20(17)24-16(27)12-25(4)11-15(26)23-14-9-7-6-8-10-14/h6-10H,5,11-12H2,1-4H3,(H,22,28)(H,23,26)(H,24,27). The van der Waals surface area contributed by atoms with Gasteiger partial charge in [0, 0.05) is 12.7 Å². The molecule has 2 aromatic rings. The van der Waals surface area contributed by atoms with Crippen LogP contribution < -0.4 is 16.0 Å². The summed E-state index contributed by atoms with van der Waals surface area (Å²) in [6.45, 7) is 3.38. The molecule has 0 aliphatic heterocycles. The van der Waals surface area contributed by atoms with E-state index in [2.05, 4.69) is 16.0 Å². The lowest BCUT2D eigenvalue weighted by atomic mass is 10.1. The number of thiophene rings is 1. The number of nitrogens with one attached hydrogen (secondary N) is 3. The van der Waals surface area contributed by atoms with Crippen LogP contribution in [0.25, 0.3) is 0 Å². The summed E-state index contributed by atoms with van der Waals surface area (Å²) in [5.41, 5.74) is 1.26. The largest absolute Gasteiger partial charge is 0.462 e. The number of para-hydroxylation sites is 1. The Kier molecular flexibility index (Phi) is 8.71. The number of carbonyl (C=O) groups excluding carboxylic acids is 4. The topological polar surface area (TPSA) is 117 Å². The van der Waals surface area contributed by atoms with E-state index in [4.69, 9.17) is 4.74 Å². The van der Waals surface area contributed by atoms with Crippen LogP contribution in [0.2, 0.25) is 0 Å². The molecule has 0 bridgehead atoms. The third-order valence-electron chi connectivity index (χ3n) is 4.20. The Bertz CT molecular complexity index is 958. The molecule has 0 aliphatic carbocycles. The molecule has 0 saturated carbocycles. The fourth-order valence-electron chi connectivity index (χ4n) is 2.82. The molecule has 0 radical (unpaired) electrons. The normalized spacial score (nSPS) is 10.5. The second kappa shape index (κ2) is 11.2. The van der Waals surface area contributed by atoms with Gasteiger partial charge >= 0.3 is 5.97 Å². The number of anilines is 2. The van der Waals surface area contributed by atoms with Gasteiger partial charge in [0.1, 0.15) is 5.00 Å². The third-order valence-corrected chi connectivity index (χ3v) is 5.40. The maximum absolute atomic E-state index is 12.5. The van der Waals surface area contributed by atoms with Crippen molar-refractivity contribution in [2.45, 2.75) is 13.8 Å². The van der Waals surface area contributed by atoms with Crippen molar-refractivity contribution in [3.05, 3.63) is 46.3 Å². The van der Waals surface area contributed by atoms with Gasteiger partial charge in [-0.2, -0.15) is 0 Å². The lowest BCUT2D eigenvalue weighted by Crippen LogP contribution is -2.36. The molecule has 1 aromatic carbocycles. The van der Waals surface area contributed by atoms with E-state index in [1.54, 1.807) is 33.0 Å². The SMILES string of the molecule is CCOC(=O)c1c(NC(=O)CN(C)CC(=O)Nc2ccccc2)sc(C(=O)NC)c1C. The molecular weight excluding hydrogens is 420 g/mol. The van der Waals surface area contributed by atoms with Crippen LogP contribution in [0.1, 0.15) is 32.5 Å². The first-order valence-corrected chi connectivity index (χ1v) is 10.4. The Morgan fingerprint density at radius 3 is 2.23 bits per heavy atom. The number of ether oxygens (including phenoxy) is 1. The molecule has 1 aromatic heterocycles. The van der Waals surface area contributed by atoms with Gasteiger partial charge in [0.15, 0.2) is 0 Å². The van der Waals surface area contributed by atoms with Gasteiger partial charge in [0.05, 0.1) is 30.1 Å². The summed E-state index contributed by atoms with van der Waals surface area (Å²) in [4.78, 5) is 51.0. The van der Waals surface area contributed by atoms with Gasteiger partial charge in [-0.05, 0) is 38.6 Å². The van der Waals surface area contributed by atoms with Crippen molar-refractivity contribution in [3.8, 4) is 0 Å². The van der Waals surface area contributed by atoms with Crippen LogP contribution in [0.3, 0.4) is 0 Å². The summed E-state index contributed by atoms with van der Waals surface area (Å²) in [7, 11) is 3.12. The molecule has 0 fully saturated rings. The average molecular weight is 447 g/mol. The smallest absolute Gasteiger partial charge is 0.341 e. The zero-order valence-electron chi connectivity index (χ0n) is 17.9. The van der Waals surface area contributed by atoms with E-state index < -0.39 is 11.9 Å². The van der Waals surface area contributed by atoms with E-state index in [1.165, 1.54) is 11.9 Å². The highest BCUT2D eigenvalue weighted by atomic mass is 32.1. The molecule has 3 amide bonds. The molecule has 0 atom stereocenters. The monoisotopic (exact) mass is 446 g/mol. The molecular formula is C21H26N4O5S. The molecule has 0 aliphatic rings. The molecule has 9 nitrogen and oxygen atoms in total. The molecule has 31 heavy (non-hydrogen) atoms. The van der Waals surface area contributed by atoms with Crippen LogP contribution in [0, 0.1) is 6.92 Å². The Morgan fingerprint density at radius 1 is 1.03 bits per heavy atom. The van der Waals surface area contributed by atoms with Crippen LogP contribution in [0.15, 0.2) is 30.3 Å². The van der Waals surface area contributed by atoms with E-state index in [0.29, 0.717) is 16.1 Å². The fraction of sp³-hybridized carbons (Fsp3) is 0.333. The van der Waals surface area contributed by atoms with E-state index in [0.717, 1.165) is 11.3 Å². The van der Waals surface area contributed by atoms with Gasteiger partial charge in [-0.15, -0.1) is 11.3 Å². The number of nitrogens with zero attached hydrogens (tertiary/aromatic N) is 1. The first kappa shape index (κ1) is 24.0. The fourth-order valence-corrected chi connectivity index (χ4v) is 3.97. The quantitative estimate of drug-likeness (QED) is 0.508. The molecule has 10 heteroatoms. The highest BCUT2D eigenvalue weighted by Gasteiger charge is 2.26. The number of hydrogen-bond donors (Lipinski definition) is 3.